The molecule has 1 heterocycles. The number of rotatable bonds is 4. The fraction of sp³-hybridized carbons (Fsp3) is 0.400. The lowest BCUT2D eigenvalue weighted by molar-refractivity contribution is 1.16. The van der Waals surface area contributed by atoms with E-state index >= 15 is 0 Å². The van der Waals surface area contributed by atoms with Crippen molar-refractivity contribution in [2.45, 2.75) is 83.1 Å². The summed E-state index contributed by atoms with van der Waals surface area (Å²) in [4.78, 5) is 12.6. The van der Waals surface area contributed by atoms with Gasteiger partial charge in [-0.1, -0.05) is 0 Å². The van der Waals surface area contributed by atoms with Gasteiger partial charge in [-0.25, -0.2) is 0 Å². The fourth-order valence-electron chi connectivity index (χ4n) is 4.47. The summed E-state index contributed by atoms with van der Waals surface area (Å²) in [5.74, 6) is 0. The van der Waals surface area contributed by atoms with Crippen molar-refractivity contribution in [3.63, 3.8) is 0 Å². The Labute approximate surface area is 204 Å². The van der Waals surface area contributed by atoms with Gasteiger partial charge < -0.3 is 0 Å². The third kappa shape index (κ3) is 4.48. The average Bonchev–Trinajstić information content (AvgIpc) is 3.30. The minimum atomic E-state index is 1.06. The second-order valence-corrected chi connectivity index (χ2v) is 10.6. The van der Waals surface area contributed by atoms with E-state index in [4.69, 9.17) is 9.98 Å². The molecular weight excluding hydrogens is 420 g/mol. The third-order valence-corrected chi connectivity index (χ3v) is 9.10. The van der Waals surface area contributed by atoms with E-state index in [0.29, 0.717) is 0 Å². The fourth-order valence-corrected chi connectivity index (χ4v) is 5.36. The first-order chi connectivity index (χ1) is 15.4. The quantitative estimate of drug-likeness (QED) is 0.348. The van der Waals surface area contributed by atoms with Crippen LogP contribution in [0.3, 0.4) is 0 Å². The highest BCUT2D eigenvalue weighted by atomic mass is 32.1. The predicted molar refractivity (Wildman–Crippen MR) is 148 cm³/mol. The molecule has 0 aliphatic rings. The van der Waals surface area contributed by atoms with E-state index in [1.54, 1.807) is 11.3 Å². The molecule has 0 unspecified atom stereocenters. The van der Waals surface area contributed by atoms with Crippen molar-refractivity contribution < 1.29 is 0 Å². The lowest BCUT2D eigenvalue weighted by Crippen LogP contribution is -1.98. The van der Waals surface area contributed by atoms with E-state index in [9.17, 15) is 0 Å². The van der Waals surface area contributed by atoms with E-state index in [0.717, 1.165) is 22.8 Å². The summed E-state index contributed by atoms with van der Waals surface area (Å²) in [6.45, 7) is 26.2. The van der Waals surface area contributed by atoms with Crippen LogP contribution < -0.4 is 0 Å². The maximum absolute atomic E-state index is 5.10. The van der Waals surface area contributed by atoms with Crippen LogP contribution in [-0.4, -0.2) is 11.4 Å². The number of hydrogen-bond acceptors (Lipinski definition) is 3. The van der Waals surface area contributed by atoms with Gasteiger partial charge in [0.15, 0.2) is 0 Å². The average molecular weight is 459 g/mol. The van der Waals surface area contributed by atoms with Crippen LogP contribution in [0.4, 0.5) is 11.4 Å². The Hall–Kier alpha value is -2.52. The van der Waals surface area contributed by atoms with Gasteiger partial charge >= 0.3 is 0 Å². The normalized spacial score (nSPS) is 12.6. The van der Waals surface area contributed by atoms with Crippen LogP contribution in [0.15, 0.2) is 22.1 Å². The minimum Gasteiger partial charge on any atom is -0.252 e. The summed E-state index contributed by atoms with van der Waals surface area (Å²) in [6.07, 6.45) is 0. The van der Waals surface area contributed by atoms with Crippen LogP contribution in [0.2, 0.25) is 0 Å². The number of hydrogen-bond donors (Lipinski definition) is 0. The molecule has 0 bridgehead atoms. The molecule has 33 heavy (non-hydrogen) atoms. The summed E-state index contributed by atoms with van der Waals surface area (Å²) in [7, 11) is 0. The van der Waals surface area contributed by atoms with Crippen molar-refractivity contribution >= 4 is 34.1 Å². The molecule has 0 amide bonds. The molecule has 1 aromatic heterocycles. The molecule has 0 atom stereocenters. The smallest absolute Gasteiger partial charge is 0.0697 e. The second-order valence-electron chi connectivity index (χ2n) is 9.51. The standard InChI is InChI=1S/C30H38N2S/c1-15-17(3)21(7)29(22(8)18(15)4)31-25(11)27-13-14-28(33-27)26(12)32-30-23(9)19(5)16(2)20(6)24(30)10/h13-14H,1-12H3. The van der Waals surface area contributed by atoms with Crippen molar-refractivity contribution in [2.24, 2.45) is 9.98 Å². The summed E-state index contributed by atoms with van der Waals surface area (Å²) in [6, 6.07) is 4.36. The van der Waals surface area contributed by atoms with Gasteiger partial charge in [0.25, 0.3) is 0 Å². The Bertz CT molecular complexity index is 1160. The molecule has 0 aliphatic carbocycles. The highest BCUT2D eigenvalue weighted by Gasteiger charge is 2.15. The van der Waals surface area contributed by atoms with E-state index in [2.05, 4.69) is 95.2 Å². The maximum atomic E-state index is 5.10. The molecule has 0 saturated carbocycles. The molecule has 3 heteroatoms. The number of aliphatic imine (C=N–C) groups is 2. The van der Waals surface area contributed by atoms with Gasteiger partial charge in [-0.2, -0.15) is 0 Å². The van der Waals surface area contributed by atoms with Gasteiger partial charge in [0.2, 0.25) is 0 Å². The van der Waals surface area contributed by atoms with Crippen LogP contribution in [-0.2, 0) is 0 Å². The Balaban J connectivity index is 2.02. The third-order valence-electron chi connectivity index (χ3n) is 7.80. The Morgan fingerprint density at radius 2 is 0.697 bits per heavy atom. The van der Waals surface area contributed by atoms with E-state index in [1.165, 1.54) is 65.4 Å². The minimum absolute atomic E-state index is 1.06. The summed E-state index contributed by atoms with van der Waals surface area (Å²) < 4.78 is 0. The van der Waals surface area contributed by atoms with Crippen LogP contribution in [0.5, 0.6) is 0 Å². The topological polar surface area (TPSA) is 24.7 Å². The molecule has 2 aromatic carbocycles. The van der Waals surface area contributed by atoms with Gasteiger partial charge in [-0.3, -0.25) is 9.98 Å². The van der Waals surface area contributed by atoms with Crippen molar-refractivity contribution in [3.05, 3.63) is 77.5 Å². The summed E-state index contributed by atoms with van der Waals surface area (Å²) >= 11 is 1.77. The Morgan fingerprint density at radius 3 is 0.970 bits per heavy atom. The van der Waals surface area contributed by atoms with Gasteiger partial charge in [-0.05, 0) is 151 Å². The lowest BCUT2D eigenvalue weighted by atomic mass is 9.93. The van der Waals surface area contributed by atoms with Crippen LogP contribution in [0.1, 0.15) is 79.2 Å². The molecule has 0 saturated heterocycles. The zero-order valence-electron chi connectivity index (χ0n) is 22.5. The highest BCUT2D eigenvalue weighted by molar-refractivity contribution is 7.16. The van der Waals surface area contributed by atoms with E-state index in [-0.39, 0.29) is 0 Å². The SMILES string of the molecule is CC(=Nc1c(C)c(C)c(C)c(C)c1C)c1ccc(C(C)=Nc2c(C)c(C)c(C)c(C)c2C)s1. The molecular formula is C30H38N2S. The molecule has 0 fully saturated rings. The predicted octanol–water partition coefficient (Wildman–Crippen LogP) is 9.11. The second kappa shape index (κ2) is 9.38. The van der Waals surface area contributed by atoms with Gasteiger partial charge in [-0.15, -0.1) is 11.3 Å². The number of benzene rings is 2. The van der Waals surface area contributed by atoms with Crippen LogP contribution in [0.25, 0.3) is 0 Å². The molecule has 2 nitrogen and oxygen atoms in total. The highest BCUT2D eigenvalue weighted by Crippen LogP contribution is 2.35. The van der Waals surface area contributed by atoms with Crippen molar-refractivity contribution in [3.8, 4) is 0 Å². The molecule has 0 spiro atoms. The van der Waals surface area contributed by atoms with Crippen molar-refractivity contribution in [1.82, 2.24) is 0 Å². The Morgan fingerprint density at radius 1 is 0.455 bits per heavy atom. The molecule has 3 rings (SSSR count). The van der Waals surface area contributed by atoms with E-state index < -0.39 is 0 Å². The molecule has 0 aliphatic heterocycles. The van der Waals surface area contributed by atoms with E-state index in [1.807, 2.05) is 0 Å². The van der Waals surface area contributed by atoms with Gasteiger partial charge in [0, 0.05) is 9.75 Å². The first-order valence-electron chi connectivity index (χ1n) is 11.7. The maximum Gasteiger partial charge on any atom is 0.0697 e. The van der Waals surface area contributed by atoms with Crippen LogP contribution >= 0.6 is 11.3 Å². The number of nitrogens with zero attached hydrogens (tertiary/aromatic N) is 2. The summed E-state index contributed by atoms with van der Waals surface area (Å²) in [5.41, 5.74) is 17.6. The lowest BCUT2D eigenvalue weighted by Gasteiger charge is -2.16. The monoisotopic (exact) mass is 458 g/mol. The molecule has 0 N–H and O–H groups in total. The van der Waals surface area contributed by atoms with Crippen molar-refractivity contribution in [1.29, 1.82) is 0 Å². The first kappa shape index (κ1) is 25.1. The largest absolute Gasteiger partial charge is 0.252 e. The first-order valence-corrected chi connectivity index (χ1v) is 12.5. The van der Waals surface area contributed by atoms with Crippen LogP contribution in [0, 0.1) is 69.2 Å². The molecule has 174 valence electrons. The van der Waals surface area contributed by atoms with Gasteiger partial charge in [0.1, 0.15) is 0 Å². The molecule has 3 aromatic rings. The zero-order valence-corrected chi connectivity index (χ0v) is 23.3. The number of thiophene rings is 1. The van der Waals surface area contributed by atoms with Crippen molar-refractivity contribution in [2.75, 3.05) is 0 Å². The Kier molecular flexibility index (Phi) is 7.14. The van der Waals surface area contributed by atoms with Gasteiger partial charge in [0.05, 0.1) is 22.8 Å². The summed E-state index contributed by atoms with van der Waals surface area (Å²) in [5, 5.41) is 0. The molecule has 0 radical (unpaired) electrons. The zero-order chi connectivity index (χ0) is 24.8.